The Morgan fingerprint density at radius 1 is 1.40 bits per heavy atom. The van der Waals surface area contributed by atoms with Crippen LogP contribution in [0.3, 0.4) is 0 Å². The zero-order valence-corrected chi connectivity index (χ0v) is 8.36. The summed E-state index contributed by atoms with van der Waals surface area (Å²) in [4.78, 5) is 0. The molecule has 0 spiro atoms. The molecule has 2 atom stereocenters. The summed E-state index contributed by atoms with van der Waals surface area (Å²) in [5, 5.41) is 12.3. The van der Waals surface area contributed by atoms with Gasteiger partial charge in [0.25, 0.3) is 0 Å². The molecular formula is C12H12N2O. The van der Waals surface area contributed by atoms with Crippen LogP contribution in [0.15, 0.2) is 18.2 Å². The summed E-state index contributed by atoms with van der Waals surface area (Å²) in [5.74, 6) is 2.06. The number of nitriles is 1. The second-order valence-corrected chi connectivity index (χ2v) is 4.20. The maximum atomic E-state index is 8.87. The first-order valence-corrected chi connectivity index (χ1v) is 5.26. The van der Waals surface area contributed by atoms with Crippen molar-refractivity contribution in [2.24, 2.45) is 5.92 Å². The predicted octanol–water partition coefficient (Wildman–Crippen LogP) is 1.25. The van der Waals surface area contributed by atoms with Crippen LogP contribution in [0.5, 0.6) is 5.75 Å². The first-order valence-electron chi connectivity index (χ1n) is 5.26. The lowest BCUT2D eigenvalue weighted by atomic mass is 9.86. The minimum atomic E-state index is 0.530. The van der Waals surface area contributed by atoms with E-state index in [1.54, 1.807) is 0 Å². The molecule has 0 aliphatic carbocycles. The molecule has 76 valence electrons. The van der Waals surface area contributed by atoms with E-state index in [0.29, 0.717) is 11.8 Å². The van der Waals surface area contributed by atoms with Gasteiger partial charge in [0, 0.05) is 30.5 Å². The van der Waals surface area contributed by atoms with E-state index in [2.05, 4.69) is 11.4 Å². The van der Waals surface area contributed by atoms with E-state index in [0.717, 1.165) is 31.0 Å². The largest absolute Gasteiger partial charge is 0.493 e. The van der Waals surface area contributed by atoms with Gasteiger partial charge >= 0.3 is 0 Å². The van der Waals surface area contributed by atoms with Crippen molar-refractivity contribution in [3.05, 3.63) is 29.3 Å². The summed E-state index contributed by atoms with van der Waals surface area (Å²) in [5.41, 5.74) is 1.93. The molecule has 2 aliphatic heterocycles. The lowest BCUT2D eigenvalue weighted by Crippen LogP contribution is -2.24. The van der Waals surface area contributed by atoms with Gasteiger partial charge in [0.1, 0.15) is 5.75 Å². The van der Waals surface area contributed by atoms with E-state index < -0.39 is 0 Å². The fourth-order valence-electron chi connectivity index (χ4n) is 2.51. The summed E-state index contributed by atoms with van der Waals surface area (Å²) in [6.45, 7) is 2.84. The van der Waals surface area contributed by atoms with Crippen molar-refractivity contribution in [3.63, 3.8) is 0 Å². The zero-order valence-electron chi connectivity index (χ0n) is 8.36. The molecule has 1 N–H and O–H groups in total. The first kappa shape index (κ1) is 8.75. The predicted molar refractivity (Wildman–Crippen MR) is 55.8 cm³/mol. The molecule has 2 aliphatic rings. The van der Waals surface area contributed by atoms with Gasteiger partial charge in [-0.1, -0.05) is 0 Å². The molecule has 3 nitrogen and oxygen atoms in total. The van der Waals surface area contributed by atoms with Crippen LogP contribution in [-0.4, -0.2) is 19.7 Å². The maximum absolute atomic E-state index is 8.87. The van der Waals surface area contributed by atoms with Crippen molar-refractivity contribution in [2.75, 3.05) is 19.7 Å². The number of nitrogens with one attached hydrogen (secondary N) is 1. The van der Waals surface area contributed by atoms with Crippen LogP contribution >= 0.6 is 0 Å². The number of rotatable bonds is 0. The van der Waals surface area contributed by atoms with Crippen molar-refractivity contribution in [1.29, 1.82) is 5.26 Å². The second-order valence-electron chi connectivity index (χ2n) is 4.20. The van der Waals surface area contributed by atoms with E-state index in [1.807, 2.05) is 18.2 Å². The third kappa shape index (κ3) is 1.30. The zero-order chi connectivity index (χ0) is 10.3. The molecular weight excluding hydrogens is 188 g/mol. The van der Waals surface area contributed by atoms with Gasteiger partial charge in [-0.3, -0.25) is 0 Å². The molecule has 3 heteroatoms. The minimum Gasteiger partial charge on any atom is -0.493 e. The average Bonchev–Trinajstić information content (AvgIpc) is 2.76. The van der Waals surface area contributed by atoms with E-state index in [4.69, 9.17) is 10.00 Å². The number of nitrogens with zero attached hydrogens (tertiary/aromatic N) is 1. The molecule has 2 heterocycles. The van der Waals surface area contributed by atoms with Crippen molar-refractivity contribution in [2.45, 2.75) is 5.92 Å². The van der Waals surface area contributed by atoms with Crippen LogP contribution in [-0.2, 0) is 0 Å². The van der Waals surface area contributed by atoms with Gasteiger partial charge in [-0.25, -0.2) is 0 Å². The Morgan fingerprint density at radius 3 is 3.20 bits per heavy atom. The quantitative estimate of drug-likeness (QED) is 0.685. The summed E-state index contributed by atoms with van der Waals surface area (Å²) in [6, 6.07) is 7.89. The van der Waals surface area contributed by atoms with Crippen LogP contribution in [0.1, 0.15) is 17.0 Å². The third-order valence-corrected chi connectivity index (χ3v) is 3.33. The summed E-state index contributed by atoms with van der Waals surface area (Å²) in [6.07, 6.45) is 0. The Labute approximate surface area is 88.7 Å². The topological polar surface area (TPSA) is 45.0 Å². The van der Waals surface area contributed by atoms with Gasteiger partial charge in [-0.05, 0) is 18.2 Å². The summed E-state index contributed by atoms with van der Waals surface area (Å²) < 4.78 is 5.69. The molecule has 1 aromatic rings. The van der Waals surface area contributed by atoms with E-state index in [1.165, 1.54) is 5.56 Å². The van der Waals surface area contributed by atoms with Crippen LogP contribution in [0.4, 0.5) is 0 Å². The Morgan fingerprint density at radius 2 is 2.33 bits per heavy atom. The lowest BCUT2D eigenvalue weighted by molar-refractivity contribution is 0.219. The summed E-state index contributed by atoms with van der Waals surface area (Å²) >= 11 is 0. The Bertz CT molecular complexity index is 436. The maximum Gasteiger partial charge on any atom is 0.122 e. The Hall–Kier alpha value is -1.53. The normalized spacial score (nSPS) is 27.4. The third-order valence-electron chi connectivity index (χ3n) is 3.33. The van der Waals surface area contributed by atoms with Crippen LogP contribution in [0.25, 0.3) is 0 Å². The van der Waals surface area contributed by atoms with E-state index in [-0.39, 0.29) is 0 Å². The van der Waals surface area contributed by atoms with Crippen molar-refractivity contribution >= 4 is 0 Å². The van der Waals surface area contributed by atoms with Crippen molar-refractivity contribution in [1.82, 2.24) is 5.32 Å². The number of ether oxygens (including phenoxy) is 1. The van der Waals surface area contributed by atoms with Gasteiger partial charge in [0.15, 0.2) is 0 Å². The molecule has 1 saturated heterocycles. The highest BCUT2D eigenvalue weighted by Crippen LogP contribution is 2.39. The fourth-order valence-corrected chi connectivity index (χ4v) is 2.51. The van der Waals surface area contributed by atoms with Crippen LogP contribution in [0, 0.1) is 17.2 Å². The van der Waals surface area contributed by atoms with Gasteiger partial charge in [0.2, 0.25) is 0 Å². The molecule has 1 fully saturated rings. The Kier molecular flexibility index (Phi) is 1.90. The Balaban J connectivity index is 2.07. The molecule has 3 rings (SSSR count). The molecule has 1 aromatic carbocycles. The SMILES string of the molecule is N#Cc1ccc2c(c1)[C@@H]1CNC[C@H]1CO2. The van der Waals surface area contributed by atoms with Gasteiger partial charge in [0.05, 0.1) is 18.2 Å². The van der Waals surface area contributed by atoms with Gasteiger partial charge in [-0.15, -0.1) is 0 Å². The highest BCUT2D eigenvalue weighted by Gasteiger charge is 2.34. The lowest BCUT2D eigenvalue weighted by Gasteiger charge is -2.27. The van der Waals surface area contributed by atoms with Crippen LogP contribution in [0.2, 0.25) is 0 Å². The van der Waals surface area contributed by atoms with E-state index in [9.17, 15) is 0 Å². The number of hydrogen-bond donors (Lipinski definition) is 1. The van der Waals surface area contributed by atoms with Gasteiger partial charge in [-0.2, -0.15) is 5.26 Å². The molecule has 0 radical (unpaired) electrons. The van der Waals surface area contributed by atoms with Crippen molar-refractivity contribution < 1.29 is 4.74 Å². The highest BCUT2D eigenvalue weighted by atomic mass is 16.5. The molecule has 0 aromatic heterocycles. The standard InChI is InChI=1S/C12H12N2O/c13-4-8-1-2-12-10(3-8)11-6-14-5-9(11)7-15-12/h1-3,9,11,14H,5-7H2/t9-,11+/m0/s1. The van der Waals surface area contributed by atoms with Crippen LogP contribution < -0.4 is 10.1 Å². The number of hydrogen-bond acceptors (Lipinski definition) is 3. The summed E-state index contributed by atoms with van der Waals surface area (Å²) in [7, 11) is 0. The van der Waals surface area contributed by atoms with Crippen molar-refractivity contribution in [3.8, 4) is 11.8 Å². The number of fused-ring (bicyclic) bond motifs is 3. The molecule has 0 saturated carbocycles. The fraction of sp³-hybridized carbons (Fsp3) is 0.417. The number of benzene rings is 1. The monoisotopic (exact) mass is 200 g/mol. The van der Waals surface area contributed by atoms with E-state index >= 15 is 0 Å². The first-order chi connectivity index (χ1) is 7.38. The molecule has 0 unspecified atom stereocenters. The molecule has 0 amide bonds. The second kappa shape index (κ2) is 3.25. The average molecular weight is 200 g/mol. The highest BCUT2D eigenvalue weighted by molar-refractivity contribution is 5.46. The minimum absolute atomic E-state index is 0.530. The molecule has 0 bridgehead atoms. The molecule has 15 heavy (non-hydrogen) atoms. The smallest absolute Gasteiger partial charge is 0.122 e. The van der Waals surface area contributed by atoms with Gasteiger partial charge < -0.3 is 10.1 Å².